The number of phenolic OH excluding ortho intramolecular Hbond substituents is 1. The number of fused-ring (bicyclic) bond motifs is 2. The Kier molecular flexibility index (Phi) is 3.13. The molecule has 1 aromatic heterocycles. The second-order valence-corrected chi connectivity index (χ2v) is 5.98. The van der Waals surface area contributed by atoms with Crippen LogP contribution in [0.1, 0.15) is 31.8 Å². The molecule has 8 heteroatoms. The van der Waals surface area contributed by atoms with Crippen molar-refractivity contribution in [2.45, 2.75) is 13.5 Å². The third-order valence-corrected chi connectivity index (χ3v) is 4.33. The molecule has 1 aliphatic rings. The van der Waals surface area contributed by atoms with Gasteiger partial charge in [-0.25, -0.2) is 0 Å². The molecular formula is C17H14N4O4. The van der Waals surface area contributed by atoms with Crippen LogP contribution in [-0.4, -0.2) is 49.0 Å². The van der Waals surface area contributed by atoms with Gasteiger partial charge in [0.05, 0.1) is 17.7 Å². The number of phenols is 1. The number of rotatable bonds is 2. The number of nitrogens with zero attached hydrogens (tertiary/aromatic N) is 4. The van der Waals surface area contributed by atoms with E-state index in [4.69, 9.17) is 0 Å². The number of aliphatic hydroxyl groups excluding tert-OH is 1. The van der Waals surface area contributed by atoms with Gasteiger partial charge >= 0.3 is 0 Å². The monoisotopic (exact) mass is 338 g/mol. The Hall–Kier alpha value is -3.26. The van der Waals surface area contributed by atoms with Crippen LogP contribution in [0.4, 0.5) is 0 Å². The van der Waals surface area contributed by atoms with E-state index in [1.807, 2.05) is 0 Å². The minimum absolute atomic E-state index is 0.00284. The first-order valence-corrected chi connectivity index (χ1v) is 7.58. The quantitative estimate of drug-likeness (QED) is 0.679. The zero-order chi connectivity index (χ0) is 17.9. The third-order valence-electron chi connectivity index (χ3n) is 4.33. The lowest BCUT2D eigenvalue weighted by atomic mass is 10.1. The molecular weight excluding hydrogens is 324 g/mol. The zero-order valence-electron chi connectivity index (χ0n) is 13.5. The number of hydrogen-bond acceptors (Lipinski definition) is 6. The molecule has 2 aromatic carbocycles. The van der Waals surface area contributed by atoms with Gasteiger partial charge in [0.2, 0.25) is 0 Å². The summed E-state index contributed by atoms with van der Waals surface area (Å²) in [6.45, 7) is 1.53. The molecule has 0 spiro atoms. The maximum Gasteiger partial charge on any atom is 0.261 e. The summed E-state index contributed by atoms with van der Waals surface area (Å²) in [5.74, 6) is -0.758. The molecule has 25 heavy (non-hydrogen) atoms. The van der Waals surface area contributed by atoms with Crippen LogP contribution in [0.3, 0.4) is 0 Å². The molecule has 0 atom stereocenters. The lowest BCUT2D eigenvalue weighted by Gasteiger charge is -2.08. The molecule has 0 bridgehead atoms. The van der Waals surface area contributed by atoms with Crippen LogP contribution in [-0.2, 0) is 6.61 Å². The second-order valence-electron chi connectivity index (χ2n) is 5.98. The fourth-order valence-electron chi connectivity index (χ4n) is 2.96. The molecule has 0 aliphatic carbocycles. The van der Waals surface area contributed by atoms with Crippen molar-refractivity contribution >= 4 is 22.8 Å². The summed E-state index contributed by atoms with van der Waals surface area (Å²) in [5.41, 5.74) is 2.95. The van der Waals surface area contributed by atoms with Crippen molar-refractivity contribution in [3.8, 4) is 11.4 Å². The van der Waals surface area contributed by atoms with E-state index in [9.17, 15) is 19.8 Å². The molecule has 3 aromatic rings. The van der Waals surface area contributed by atoms with Crippen LogP contribution >= 0.6 is 0 Å². The van der Waals surface area contributed by atoms with E-state index < -0.39 is 0 Å². The Morgan fingerprint density at radius 3 is 2.08 bits per heavy atom. The average Bonchev–Trinajstić information content (AvgIpc) is 3.11. The van der Waals surface area contributed by atoms with Crippen LogP contribution in [0.25, 0.3) is 16.7 Å². The molecule has 1 aliphatic heterocycles. The van der Waals surface area contributed by atoms with Crippen molar-refractivity contribution in [2.75, 3.05) is 7.05 Å². The molecule has 8 nitrogen and oxygen atoms in total. The van der Waals surface area contributed by atoms with Gasteiger partial charge in [0.25, 0.3) is 11.8 Å². The van der Waals surface area contributed by atoms with Crippen molar-refractivity contribution in [3.63, 3.8) is 0 Å². The number of aliphatic hydroxyl groups is 1. The number of aromatic nitrogens is 3. The van der Waals surface area contributed by atoms with Gasteiger partial charge in [-0.2, -0.15) is 0 Å². The summed E-state index contributed by atoms with van der Waals surface area (Å²) < 4.78 is 0. The van der Waals surface area contributed by atoms with Crippen molar-refractivity contribution in [2.24, 2.45) is 0 Å². The highest BCUT2D eigenvalue weighted by atomic mass is 16.3. The van der Waals surface area contributed by atoms with Crippen molar-refractivity contribution in [1.82, 2.24) is 19.9 Å². The Morgan fingerprint density at radius 2 is 1.56 bits per heavy atom. The molecule has 2 amide bonds. The highest BCUT2D eigenvalue weighted by Crippen LogP contribution is 2.29. The Balaban J connectivity index is 1.91. The van der Waals surface area contributed by atoms with Crippen LogP contribution < -0.4 is 0 Å². The van der Waals surface area contributed by atoms with Gasteiger partial charge in [-0.3, -0.25) is 14.5 Å². The fraction of sp³-hybridized carbons (Fsp3) is 0.176. The number of aryl methyl sites for hydroxylation is 1. The van der Waals surface area contributed by atoms with E-state index in [0.29, 0.717) is 27.8 Å². The number of benzene rings is 2. The standard InChI is InChI=1S/C17H14N4O4/c1-8-3-9(7-22)4-14(15(8)23)21-18-12-5-10-11(6-13(12)19-21)17(25)20(2)16(10)24/h3-6,22-23H,7H2,1-2H3. The van der Waals surface area contributed by atoms with Crippen LogP contribution in [0.5, 0.6) is 5.75 Å². The topological polar surface area (TPSA) is 109 Å². The van der Waals surface area contributed by atoms with E-state index in [1.165, 1.54) is 24.0 Å². The van der Waals surface area contributed by atoms with Crippen LogP contribution in [0, 0.1) is 6.92 Å². The number of carbonyl (C=O) groups excluding carboxylic acids is 2. The van der Waals surface area contributed by atoms with E-state index in [-0.39, 0.29) is 35.3 Å². The average molecular weight is 338 g/mol. The molecule has 0 fully saturated rings. The minimum atomic E-state index is -0.377. The Morgan fingerprint density at radius 1 is 1.00 bits per heavy atom. The van der Waals surface area contributed by atoms with Gasteiger partial charge in [-0.1, -0.05) is 0 Å². The fourth-order valence-corrected chi connectivity index (χ4v) is 2.96. The van der Waals surface area contributed by atoms with Crippen molar-refractivity contribution in [3.05, 3.63) is 46.5 Å². The first-order chi connectivity index (χ1) is 11.9. The van der Waals surface area contributed by atoms with Crippen molar-refractivity contribution in [1.29, 1.82) is 0 Å². The number of aromatic hydroxyl groups is 1. The van der Waals surface area contributed by atoms with E-state index in [2.05, 4.69) is 10.2 Å². The maximum absolute atomic E-state index is 12.1. The molecule has 0 unspecified atom stereocenters. The lowest BCUT2D eigenvalue weighted by Crippen LogP contribution is -2.24. The van der Waals surface area contributed by atoms with Gasteiger partial charge in [0.1, 0.15) is 22.5 Å². The first kappa shape index (κ1) is 15.3. The van der Waals surface area contributed by atoms with Gasteiger partial charge in [0.15, 0.2) is 0 Å². The van der Waals surface area contributed by atoms with Crippen LogP contribution in [0.15, 0.2) is 24.3 Å². The molecule has 126 valence electrons. The first-order valence-electron chi connectivity index (χ1n) is 7.58. The Bertz CT molecular complexity index is 1020. The molecule has 4 rings (SSSR count). The second kappa shape index (κ2) is 5.12. The van der Waals surface area contributed by atoms with Gasteiger partial charge in [0, 0.05) is 7.05 Å². The van der Waals surface area contributed by atoms with Gasteiger partial charge < -0.3 is 10.2 Å². The zero-order valence-corrected chi connectivity index (χ0v) is 13.5. The van der Waals surface area contributed by atoms with E-state index in [1.54, 1.807) is 19.1 Å². The predicted molar refractivity (Wildman–Crippen MR) is 87.6 cm³/mol. The summed E-state index contributed by atoms with van der Waals surface area (Å²) in [6.07, 6.45) is 0. The summed E-state index contributed by atoms with van der Waals surface area (Å²) in [4.78, 5) is 26.5. The van der Waals surface area contributed by atoms with E-state index in [0.717, 1.165) is 4.90 Å². The Labute approximate surface area is 141 Å². The largest absolute Gasteiger partial charge is 0.505 e. The van der Waals surface area contributed by atoms with Gasteiger partial charge in [-0.15, -0.1) is 15.0 Å². The normalized spacial score (nSPS) is 13.8. The summed E-state index contributed by atoms with van der Waals surface area (Å²) in [7, 11) is 1.43. The SMILES string of the molecule is Cc1cc(CO)cc(-n2nc3cc4c(cc3n2)C(=O)N(C)C4=O)c1O. The third kappa shape index (κ3) is 2.11. The van der Waals surface area contributed by atoms with Crippen LogP contribution in [0.2, 0.25) is 0 Å². The summed E-state index contributed by atoms with van der Waals surface area (Å²) in [5, 5.41) is 28.2. The molecule has 2 heterocycles. The highest BCUT2D eigenvalue weighted by Gasteiger charge is 2.33. The predicted octanol–water partition coefficient (Wildman–Crippen LogP) is 1.15. The molecule has 0 saturated heterocycles. The molecule has 2 N–H and O–H groups in total. The number of imide groups is 1. The minimum Gasteiger partial charge on any atom is -0.505 e. The maximum atomic E-state index is 12.1. The van der Waals surface area contributed by atoms with Gasteiger partial charge in [-0.05, 0) is 42.3 Å². The summed E-state index contributed by atoms with van der Waals surface area (Å²) >= 11 is 0. The number of amides is 2. The molecule has 0 saturated carbocycles. The number of hydrogen-bond donors (Lipinski definition) is 2. The molecule has 0 radical (unpaired) electrons. The van der Waals surface area contributed by atoms with E-state index >= 15 is 0 Å². The lowest BCUT2D eigenvalue weighted by molar-refractivity contribution is 0.0693. The summed E-state index contributed by atoms with van der Waals surface area (Å²) in [6, 6.07) is 6.30. The number of carbonyl (C=O) groups is 2. The smallest absolute Gasteiger partial charge is 0.261 e. The van der Waals surface area contributed by atoms with Crippen molar-refractivity contribution < 1.29 is 19.8 Å². The highest BCUT2D eigenvalue weighted by molar-refractivity contribution is 6.22.